The second-order valence-electron chi connectivity index (χ2n) is 9.56. The van der Waals surface area contributed by atoms with Gasteiger partial charge in [-0.2, -0.15) is 0 Å². The number of aromatic hydroxyl groups is 1. The molecule has 6 heteroatoms. The number of aryl methyl sites for hydroxylation is 3. The molecule has 0 aliphatic rings. The summed E-state index contributed by atoms with van der Waals surface area (Å²) >= 11 is 0. The number of rotatable bonds is 9. The average Bonchev–Trinajstić information content (AvgIpc) is 3.36. The second-order valence-corrected chi connectivity index (χ2v) is 9.56. The van der Waals surface area contributed by atoms with Crippen LogP contribution < -0.4 is 4.74 Å². The fraction of sp³-hybridized carbons (Fsp3) is 0.250. The van der Waals surface area contributed by atoms with E-state index < -0.39 is 11.9 Å². The average molecular weight is 513 g/mol. The van der Waals surface area contributed by atoms with Crippen LogP contribution in [-0.4, -0.2) is 31.1 Å². The van der Waals surface area contributed by atoms with Gasteiger partial charge in [0.25, 0.3) is 0 Å². The lowest BCUT2D eigenvalue weighted by atomic mass is 9.93. The minimum absolute atomic E-state index is 0.0175. The van der Waals surface area contributed by atoms with Crippen LogP contribution in [0, 0.1) is 26.7 Å². The van der Waals surface area contributed by atoms with Gasteiger partial charge in [-0.05, 0) is 85.4 Å². The van der Waals surface area contributed by atoms with Gasteiger partial charge in [-0.15, -0.1) is 0 Å². The van der Waals surface area contributed by atoms with Crippen molar-refractivity contribution in [3.63, 3.8) is 0 Å². The molecule has 0 saturated heterocycles. The number of carbonyl (C=O) groups is 2. The number of methoxy groups -OCH3 is 2. The predicted octanol–water partition coefficient (Wildman–Crippen LogP) is 6.74. The summed E-state index contributed by atoms with van der Waals surface area (Å²) in [6.07, 6.45) is 3.48. The van der Waals surface area contributed by atoms with Gasteiger partial charge >= 0.3 is 5.97 Å². The van der Waals surface area contributed by atoms with Gasteiger partial charge in [0.2, 0.25) is 0 Å². The van der Waals surface area contributed by atoms with E-state index in [4.69, 9.17) is 13.9 Å². The minimum atomic E-state index is -0.666. The highest BCUT2D eigenvalue weighted by Crippen LogP contribution is 2.36. The van der Waals surface area contributed by atoms with Crippen LogP contribution in [0.25, 0.3) is 28.4 Å². The van der Waals surface area contributed by atoms with Gasteiger partial charge in [-0.1, -0.05) is 36.4 Å². The second kappa shape index (κ2) is 11.4. The molecule has 0 fully saturated rings. The zero-order chi connectivity index (χ0) is 27.4. The van der Waals surface area contributed by atoms with E-state index in [0.717, 1.165) is 27.6 Å². The van der Waals surface area contributed by atoms with Gasteiger partial charge in [0, 0.05) is 17.4 Å². The number of allylic oxidation sites excluding steroid dienone is 1. The Bertz CT molecular complexity index is 1520. The molecule has 1 atom stereocenters. The normalized spacial score (nSPS) is 12.1. The van der Waals surface area contributed by atoms with Crippen LogP contribution in [0.15, 0.2) is 65.1 Å². The Morgan fingerprint density at radius 1 is 0.947 bits per heavy atom. The molecule has 0 aliphatic carbocycles. The molecule has 0 spiro atoms. The quantitative estimate of drug-likeness (QED) is 0.197. The lowest BCUT2D eigenvalue weighted by molar-refractivity contribution is -0.146. The standard InChI is InChI=1S/C32H32O6/c1-19-7-9-24(14-21(19)3)30-18-27-23(11-13-29(36-4)31(27)38-30)10-12-26(33)17-25(32(35)37-5)15-22-8-6-20(2)28(34)16-22/h6-14,16,18,25,34H,15,17H2,1-5H3/b12-10+/t25-/m1/s1. The van der Waals surface area contributed by atoms with Gasteiger partial charge in [0.05, 0.1) is 20.1 Å². The number of ketones is 1. The van der Waals surface area contributed by atoms with Crippen molar-refractivity contribution < 1.29 is 28.6 Å². The van der Waals surface area contributed by atoms with Crippen molar-refractivity contribution in [2.45, 2.75) is 33.6 Å². The van der Waals surface area contributed by atoms with Crippen LogP contribution in [0.4, 0.5) is 0 Å². The van der Waals surface area contributed by atoms with Crippen molar-refractivity contribution in [1.82, 2.24) is 0 Å². The third-order valence-corrected chi connectivity index (χ3v) is 6.88. The third kappa shape index (κ3) is 5.80. The monoisotopic (exact) mass is 512 g/mol. The van der Waals surface area contributed by atoms with E-state index in [-0.39, 0.29) is 24.4 Å². The Morgan fingerprint density at radius 2 is 1.71 bits per heavy atom. The molecule has 4 rings (SSSR count). The van der Waals surface area contributed by atoms with Crippen LogP contribution in [0.2, 0.25) is 0 Å². The summed E-state index contributed by atoms with van der Waals surface area (Å²) in [5, 5.41) is 10.8. The molecule has 0 unspecified atom stereocenters. The molecule has 196 valence electrons. The van der Waals surface area contributed by atoms with Crippen molar-refractivity contribution in [3.8, 4) is 22.8 Å². The predicted molar refractivity (Wildman–Crippen MR) is 148 cm³/mol. The lowest BCUT2D eigenvalue weighted by Gasteiger charge is -2.14. The number of hydrogen-bond acceptors (Lipinski definition) is 6. The molecule has 3 aromatic carbocycles. The molecule has 1 aromatic heterocycles. The summed E-state index contributed by atoms with van der Waals surface area (Å²) in [6, 6.07) is 17.0. The van der Waals surface area contributed by atoms with Crippen LogP contribution in [-0.2, 0) is 20.7 Å². The highest BCUT2D eigenvalue weighted by atomic mass is 16.5. The number of phenols is 1. The SMILES string of the molecule is COC(=O)[C@@H](CC(=O)/C=C/c1ccc(OC)c2oc(-c3ccc(C)c(C)c3)cc12)Cc1ccc(C)c(O)c1. The van der Waals surface area contributed by atoms with E-state index in [9.17, 15) is 14.7 Å². The molecule has 6 nitrogen and oxygen atoms in total. The van der Waals surface area contributed by atoms with Crippen LogP contribution in [0.3, 0.4) is 0 Å². The molecule has 4 aromatic rings. The van der Waals surface area contributed by atoms with E-state index in [0.29, 0.717) is 17.1 Å². The lowest BCUT2D eigenvalue weighted by Crippen LogP contribution is -2.21. The number of fused-ring (bicyclic) bond motifs is 1. The highest BCUT2D eigenvalue weighted by Gasteiger charge is 2.23. The fourth-order valence-electron chi connectivity index (χ4n) is 4.43. The zero-order valence-corrected chi connectivity index (χ0v) is 22.3. The zero-order valence-electron chi connectivity index (χ0n) is 22.3. The number of phenolic OH excluding ortho intramolecular Hbond substituents is 1. The van der Waals surface area contributed by atoms with Crippen molar-refractivity contribution in [2.24, 2.45) is 5.92 Å². The first-order chi connectivity index (χ1) is 18.2. The van der Waals surface area contributed by atoms with E-state index in [2.05, 4.69) is 26.0 Å². The van der Waals surface area contributed by atoms with E-state index >= 15 is 0 Å². The van der Waals surface area contributed by atoms with Gasteiger partial charge in [0.1, 0.15) is 11.5 Å². The maximum atomic E-state index is 12.9. The first-order valence-electron chi connectivity index (χ1n) is 12.5. The molecular weight excluding hydrogens is 480 g/mol. The summed E-state index contributed by atoms with van der Waals surface area (Å²) in [4.78, 5) is 25.3. The van der Waals surface area contributed by atoms with Crippen LogP contribution >= 0.6 is 0 Å². The number of benzene rings is 3. The Morgan fingerprint density at radius 3 is 2.39 bits per heavy atom. The van der Waals surface area contributed by atoms with E-state index in [1.807, 2.05) is 24.3 Å². The number of furan rings is 1. The molecule has 0 radical (unpaired) electrons. The summed E-state index contributed by atoms with van der Waals surface area (Å²) in [5.41, 5.74) is 6.23. The van der Waals surface area contributed by atoms with Gasteiger partial charge in [0.15, 0.2) is 17.1 Å². The van der Waals surface area contributed by atoms with Crippen molar-refractivity contribution >= 4 is 28.8 Å². The summed E-state index contributed by atoms with van der Waals surface area (Å²) in [6.45, 7) is 5.92. The number of esters is 1. The van der Waals surface area contributed by atoms with Crippen molar-refractivity contribution in [2.75, 3.05) is 14.2 Å². The minimum Gasteiger partial charge on any atom is -0.508 e. The van der Waals surface area contributed by atoms with Gasteiger partial charge in [-0.3, -0.25) is 9.59 Å². The smallest absolute Gasteiger partial charge is 0.309 e. The first-order valence-corrected chi connectivity index (χ1v) is 12.5. The number of hydrogen-bond donors (Lipinski definition) is 1. The Labute approximate surface area is 222 Å². The highest BCUT2D eigenvalue weighted by molar-refractivity contribution is 6.00. The van der Waals surface area contributed by atoms with E-state index in [1.54, 1.807) is 38.3 Å². The van der Waals surface area contributed by atoms with E-state index in [1.165, 1.54) is 24.3 Å². The van der Waals surface area contributed by atoms with Crippen LogP contribution in [0.1, 0.15) is 34.2 Å². The molecule has 0 aliphatic heterocycles. The van der Waals surface area contributed by atoms with Gasteiger partial charge in [-0.25, -0.2) is 0 Å². The molecule has 0 bridgehead atoms. The molecule has 1 heterocycles. The molecular formula is C32H32O6. The van der Waals surface area contributed by atoms with Crippen molar-refractivity contribution in [3.05, 3.63) is 88.5 Å². The maximum absolute atomic E-state index is 12.9. The Balaban J connectivity index is 1.59. The number of ether oxygens (including phenoxy) is 2. The number of carbonyl (C=O) groups excluding carboxylic acids is 2. The molecule has 0 amide bonds. The maximum Gasteiger partial charge on any atom is 0.309 e. The third-order valence-electron chi connectivity index (χ3n) is 6.88. The molecule has 38 heavy (non-hydrogen) atoms. The summed E-state index contributed by atoms with van der Waals surface area (Å²) < 4.78 is 16.6. The molecule has 0 saturated carbocycles. The van der Waals surface area contributed by atoms with Crippen LogP contribution in [0.5, 0.6) is 11.5 Å². The van der Waals surface area contributed by atoms with Crippen molar-refractivity contribution in [1.29, 1.82) is 0 Å². The summed E-state index contributed by atoms with van der Waals surface area (Å²) in [5.74, 6) is 0.123. The first kappa shape index (κ1) is 26.7. The topological polar surface area (TPSA) is 86.0 Å². The fourth-order valence-corrected chi connectivity index (χ4v) is 4.43. The Kier molecular flexibility index (Phi) is 8.01. The van der Waals surface area contributed by atoms with Gasteiger partial charge < -0.3 is 19.0 Å². The Hall–Kier alpha value is -4.32. The largest absolute Gasteiger partial charge is 0.508 e. The summed E-state index contributed by atoms with van der Waals surface area (Å²) in [7, 11) is 2.90. The molecule has 1 N–H and O–H groups in total.